The predicted molar refractivity (Wildman–Crippen MR) is 161 cm³/mol. The highest BCUT2D eigenvalue weighted by Crippen LogP contribution is 2.37. The van der Waals surface area contributed by atoms with Crippen LogP contribution in [-0.4, -0.2) is 0 Å². The highest BCUT2D eigenvalue weighted by atomic mass is 16.3. The van der Waals surface area contributed by atoms with Crippen LogP contribution >= 0.6 is 0 Å². The van der Waals surface area contributed by atoms with E-state index in [4.69, 9.17) is 4.42 Å². The first-order valence-electron chi connectivity index (χ1n) is 13.0. The fourth-order valence-electron chi connectivity index (χ4n) is 5.48. The van der Waals surface area contributed by atoms with Crippen LogP contribution in [0, 0.1) is 0 Å². The zero-order chi connectivity index (χ0) is 25.5. The maximum Gasteiger partial charge on any atom is 0.135 e. The molecule has 1 nitrogen and oxygen atoms in total. The summed E-state index contributed by atoms with van der Waals surface area (Å²) in [5, 5.41) is 2.30. The first-order chi connectivity index (χ1) is 18.7. The molecular weight excluding hydrogens is 460 g/mol. The Balaban J connectivity index is 1.27. The highest BCUT2D eigenvalue weighted by Gasteiger charge is 2.13. The molecule has 0 atom stereocenters. The summed E-state index contributed by atoms with van der Waals surface area (Å²) in [7, 11) is 0. The number of rotatable bonds is 2. The third kappa shape index (κ3) is 3.90. The molecule has 7 rings (SSSR count). The molecule has 1 heterocycles. The van der Waals surface area contributed by atoms with Crippen LogP contribution in [0.2, 0.25) is 0 Å². The lowest BCUT2D eigenvalue weighted by Gasteiger charge is -2.16. The van der Waals surface area contributed by atoms with E-state index in [1.54, 1.807) is 0 Å². The van der Waals surface area contributed by atoms with Gasteiger partial charge in [0.15, 0.2) is 0 Å². The standard InChI is InChI=1S/C37H26O/c1-25-9-3-2-4-10-28-11-5-6-12-31(28)32-21-19-29(23-34(25)32)26-15-17-27(18-16-26)30-20-22-37-35(24-30)33-13-7-8-14-36(33)38-37/h2-9,11-24H,1,10H2/b4-2-,9-3-. The minimum atomic E-state index is 0.913. The van der Waals surface area contributed by atoms with E-state index in [1.165, 1.54) is 44.5 Å². The molecule has 1 aromatic heterocycles. The van der Waals surface area contributed by atoms with Gasteiger partial charge in [0, 0.05) is 10.8 Å². The van der Waals surface area contributed by atoms with Gasteiger partial charge >= 0.3 is 0 Å². The number of hydrogen-bond donors (Lipinski definition) is 0. The molecule has 0 N–H and O–H groups in total. The Bertz CT molecular complexity index is 1890. The summed E-state index contributed by atoms with van der Waals surface area (Å²) in [5.74, 6) is 0. The second-order valence-corrected chi connectivity index (χ2v) is 9.82. The molecule has 1 heteroatoms. The minimum Gasteiger partial charge on any atom is -0.456 e. The number of hydrogen-bond acceptors (Lipinski definition) is 1. The van der Waals surface area contributed by atoms with E-state index in [2.05, 4.69) is 128 Å². The van der Waals surface area contributed by atoms with Gasteiger partial charge in [-0.25, -0.2) is 0 Å². The molecule has 1 aliphatic carbocycles. The summed E-state index contributed by atoms with van der Waals surface area (Å²) in [5.41, 5.74) is 12.6. The van der Waals surface area contributed by atoms with Gasteiger partial charge in [0.1, 0.15) is 11.2 Å². The minimum absolute atomic E-state index is 0.913. The van der Waals surface area contributed by atoms with Crippen molar-refractivity contribution in [1.29, 1.82) is 0 Å². The Hall–Kier alpha value is -4.88. The fourth-order valence-corrected chi connectivity index (χ4v) is 5.48. The van der Waals surface area contributed by atoms with E-state index < -0.39 is 0 Å². The molecule has 0 aliphatic heterocycles. The summed E-state index contributed by atoms with van der Waals surface area (Å²) in [6, 6.07) is 38.9. The zero-order valence-corrected chi connectivity index (χ0v) is 21.0. The van der Waals surface area contributed by atoms with Crippen molar-refractivity contribution in [3.8, 4) is 33.4 Å². The largest absolute Gasteiger partial charge is 0.456 e. The molecule has 6 aromatic rings. The second kappa shape index (κ2) is 9.21. The molecule has 180 valence electrons. The molecule has 0 radical (unpaired) electrons. The lowest BCUT2D eigenvalue weighted by Crippen LogP contribution is -1.94. The molecule has 38 heavy (non-hydrogen) atoms. The van der Waals surface area contributed by atoms with Crippen LogP contribution in [0.1, 0.15) is 11.1 Å². The lowest BCUT2D eigenvalue weighted by molar-refractivity contribution is 0.669. The molecule has 0 saturated carbocycles. The van der Waals surface area contributed by atoms with Crippen molar-refractivity contribution >= 4 is 27.5 Å². The quantitative estimate of drug-likeness (QED) is 0.237. The van der Waals surface area contributed by atoms with Gasteiger partial charge in [0.25, 0.3) is 0 Å². The van der Waals surface area contributed by atoms with Gasteiger partial charge in [-0.05, 0) is 80.8 Å². The van der Waals surface area contributed by atoms with Gasteiger partial charge in [-0.15, -0.1) is 0 Å². The highest BCUT2D eigenvalue weighted by molar-refractivity contribution is 6.06. The normalized spacial score (nSPS) is 14.7. The van der Waals surface area contributed by atoms with Crippen LogP contribution in [0.15, 0.2) is 144 Å². The molecule has 0 spiro atoms. The number of fused-ring (bicyclic) bond motifs is 6. The van der Waals surface area contributed by atoms with E-state index in [0.717, 1.165) is 33.9 Å². The first kappa shape index (κ1) is 22.3. The van der Waals surface area contributed by atoms with E-state index in [1.807, 2.05) is 12.1 Å². The third-order valence-electron chi connectivity index (χ3n) is 7.48. The molecule has 0 unspecified atom stereocenters. The molecule has 0 fully saturated rings. The van der Waals surface area contributed by atoms with Gasteiger partial charge in [0.2, 0.25) is 0 Å². The van der Waals surface area contributed by atoms with Crippen molar-refractivity contribution in [3.63, 3.8) is 0 Å². The Morgan fingerprint density at radius 1 is 0.526 bits per heavy atom. The van der Waals surface area contributed by atoms with Crippen molar-refractivity contribution in [3.05, 3.63) is 151 Å². The van der Waals surface area contributed by atoms with Crippen LogP contribution in [0.3, 0.4) is 0 Å². The topological polar surface area (TPSA) is 13.1 Å². The number of furan rings is 1. The van der Waals surface area contributed by atoms with Crippen molar-refractivity contribution in [2.24, 2.45) is 0 Å². The zero-order valence-electron chi connectivity index (χ0n) is 21.0. The Morgan fingerprint density at radius 3 is 2.08 bits per heavy atom. The number of benzene rings is 5. The SMILES string of the molecule is C=C1/C=C\C=C/Cc2ccccc2-c2ccc(-c3ccc(-c4ccc5oc6ccccc6c5c4)cc3)cc21. The molecule has 1 aliphatic rings. The van der Waals surface area contributed by atoms with Crippen LogP contribution < -0.4 is 0 Å². The average molecular weight is 487 g/mol. The Kier molecular flexibility index (Phi) is 5.41. The number of para-hydroxylation sites is 1. The Morgan fingerprint density at radius 2 is 1.21 bits per heavy atom. The van der Waals surface area contributed by atoms with Gasteiger partial charge in [-0.1, -0.05) is 116 Å². The third-order valence-corrected chi connectivity index (χ3v) is 7.48. The molecule has 5 aromatic carbocycles. The van der Waals surface area contributed by atoms with Crippen LogP contribution in [0.25, 0.3) is 60.9 Å². The van der Waals surface area contributed by atoms with Gasteiger partial charge < -0.3 is 4.42 Å². The summed E-state index contributed by atoms with van der Waals surface area (Å²) in [6.07, 6.45) is 9.42. The Labute approximate surface area is 222 Å². The van der Waals surface area contributed by atoms with Crippen molar-refractivity contribution in [2.75, 3.05) is 0 Å². The van der Waals surface area contributed by atoms with Crippen LogP contribution in [-0.2, 0) is 6.42 Å². The van der Waals surface area contributed by atoms with E-state index in [9.17, 15) is 0 Å². The summed E-state index contributed by atoms with van der Waals surface area (Å²) in [6.45, 7) is 4.40. The van der Waals surface area contributed by atoms with Gasteiger partial charge in [-0.2, -0.15) is 0 Å². The summed E-state index contributed by atoms with van der Waals surface area (Å²) in [4.78, 5) is 0. The molecule has 0 saturated heterocycles. The van der Waals surface area contributed by atoms with Crippen molar-refractivity contribution < 1.29 is 4.42 Å². The summed E-state index contributed by atoms with van der Waals surface area (Å²) < 4.78 is 6.01. The monoisotopic (exact) mass is 486 g/mol. The first-order valence-corrected chi connectivity index (χ1v) is 13.0. The average Bonchev–Trinajstić information content (AvgIpc) is 3.35. The lowest BCUT2D eigenvalue weighted by atomic mass is 9.88. The fraction of sp³-hybridized carbons (Fsp3) is 0.0270. The maximum absolute atomic E-state index is 6.01. The molecular formula is C37H26O. The van der Waals surface area contributed by atoms with Crippen molar-refractivity contribution in [1.82, 2.24) is 0 Å². The second-order valence-electron chi connectivity index (χ2n) is 9.82. The van der Waals surface area contributed by atoms with Gasteiger partial charge in [0.05, 0.1) is 0 Å². The van der Waals surface area contributed by atoms with Crippen LogP contribution in [0.4, 0.5) is 0 Å². The van der Waals surface area contributed by atoms with E-state index >= 15 is 0 Å². The van der Waals surface area contributed by atoms with Gasteiger partial charge in [-0.3, -0.25) is 0 Å². The number of allylic oxidation sites excluding steroid dienone is 5. The maximum atomic E-state index is 6.01. The van der Waals surface area contributed by atoms with Crippen molar-refractivity contribution in [2.45, 2.75) is 6.42 Å². The molecule has 0 bridgehead atoms. The molecule has 0 amide bonds. The van der Waals surface area contributed by atoms with E-state index in [0.29, 0.717) is 0 Å². The summed E-state index contributed by atoms with van der Waals surface area (Å²) >= 11 is 0. The smallest absolute Gasteiger partial charge is 0.135 e. The van der Waals surface area contributed by atoms with E-state index in [-0.39, 0.29) is 0 Å². The predicted octanol–water partition coefficient (Wildman–Crippen LogP) is 10.3. The van der Waals surface area contributed by atoms with Crippen LogP contribution in [0.5, 0.6) is 0 Å².